The van der Waals surface area contributed by atoms with Crippen LogP contribution in [0.2, 0.25) is 0 Å². The molecule has 2 saturated carbocycles. The van der Waals surface area contributed by atoms with Gasteiger partial charge in [0.1, 0.15) is 0 Å². The fourth-order valence-corrected chi connectivity index (χ4v) is 6.36. The molecule has 2 amide bonds. The normalized spacial score (nSPS) is 23.7. The minimum absolute atomic E-state index is 0.0563. The van der Waals surface area contributed by atoms with E-state index in [1.165, 1.54) is 6.42 Å². The highest BCUT2D eigenvalue weighted by molar-refractivity contribution is 7.91. The highest BCUT2D eigenvalue weighted by atomic mass is 32.2. The molecule has 0 radical (unpaired) electrons. The van der Waals surface area contributed by atoms with Crippen LogP contribution in [-0.2, 0) is 14.6 Å². The third kappa shape index (κ3) is 5.14. The van der Waals surface area contributed by atoms with E-state index < -0.39 is 9.84 Å². The molecule has 0 spiro atoms. The molecule has 1 heterocycles. The van der Waals surface area contributed by atoms with Crippen LogP contribution in [0.1, 0.15) is 61.7 Å². The number of para-hydroxylation sites is 1. The molecule has 7 nitrogen and oxygen atoms in total. The van der Waals surface area contributed by atoms with Crippen LogP contribution >= 0.6 is 0 Å². The molecule has 1 aromatic carbocycles. The average molecular weight is 434 g/mol. The van der Waals surface area contributed by atoms with Gasteiger partial charge in [0.2, 0.25) is 5.91 Å². The van der Waals surface area contributed by atoms with Gasteiger partial charge >= 0.3 is 0 Å². The first kappa shape index (κ1) is 21.2. The SMILES string of the molecule is O=C(NC1CC1)c1ccccc1NCC(=O)N(C1CCCCC1)C1CCS(=O)(=O)C1. The summed E-state index contributed by atoms with van der Waals surface area (Å²) in [6.07, 6.45) is 7.73. The average Bonchev–Trinajstić information content (AvgIpc) is 3.48. The molecule has 1 unspecified atom stereocenters. The maximum absolute atomic E-state index is 13.3. The van der Waals surface area contributed by atoms with Gasteiger partial charge in [-0.2, -0.15) is 0 Å². The van der Waals surface area contributed by atoms with Gasteiger partial charge in [0.15, 0.2) is 9.84 Å². The van der Waals surface area contributed by atoms with Crippen molar-refractivity contribution in [2.24, 2.45) is 0 Å². The lowest BCUT2D eigenvalue weighted by Crippen LogP contribution is -2.50. The number of sulfone groups is 1. The van der Waals surface area contributed by atoms with E-state index in [4.69, 9.17) is 0 Å². The summed E-state index contributed by atoms with van der Waals surface area (Å²) < 4.78 is 24.1. The fraction of sp³-hybridized carbons (Fsp3) is 0.636. The van der Waals surface area contributed by atoms with Crippen molar-refractivity contribution in [3.63, 3.8) is 0 Å². The third-order valence-corrected chi connectivity index (χ3v) is 8.12. The van der Waals surface area contributed by atoms with Gasteiger partial charge in [-0.1, -0.05) is 31.4 Å². The van der Waals surface area contributed by atoms with Crippen LogP contribution in [0.15, 0.2) is 24.3 Å². The van der Waals surface area contributed by atoms with Crippen LogP contribution in [0.4, 0.5) is 5.69 Å². The lowest BCUT2D eigenvalue weighted by Gasteiger charge is -2.38. The van der Waals surface area contributed by atoms with Crippen molar-refractivity contribution < 1.29 is 18.0 Å². The molecule has 0 bridgehead atoms. The van der Waals surface area contributed by atoms with Crippen molar-refractivity contribution in [3.05, 3.63) is 29.8 Å². The number of hydrogen-bond acceptors (Lipinski definition) is 5. The Morgan fingerprint density at radius 3 is 2.37 bits per heavy atom. The lowest BCUT2D eigenvalue weighted by atomic mass is 9.93. The molecular formula is C22H31N3O4S. The van der Waals surface area contributed by atoms with Gasteiger partial charge in [-0.25, -0.2) is 8.42 Å². The largest absolute Gasteiger partial charge is 0.376 e. The summed E-state index contributed by atoms with van der Waals surface area (Å²) >= 11 is 0. The van der Waals surface area contributed by atoms with Gasteiger partial charge in [-0.15, -0.1) is 0 Å². The molecule has 4 rings (SSSR count). The van der Waals surface area contributed by atoms with Crippen molar-refractivity contribution in [2.45, 2.75) is 69.5 Å². The second kappa shape index (κ2) is 8.96. The fourth-order valence-electron chi connectivity index (χ4n) is 4.65. The van der Waals surface area contributed by atoms with Gasteiger partial charge in [0.05, 0.1) is 23.6 Å². The molecule has 8 heteroatoms. The van der Waals surface area contributed by atoms with Gasteiger partial charge in [0, 0.05) is 23.8 Å². The van der Waals surface area contributed by atoms with Crippen LogP contribution < -0.4 is 10.6 Å². The first-order valence-corrected chi connectivity index (χ1v) is 12.9. The monoisotopic (exact) mass is 433 g/mol. The van der Waals surface area contributed by atoms with Gasteiger partial charge in [-0.05, 0) is 44.2 Å². The van der Waals surface area contributed by atoms with Gasteiger partial charge < -0.3 is 15.5 Å². The second-order valence-corrected chi connectivity index (χ2v) is 11.0. The zero-order valence-corrected chi connectivity index (χ0v) is 18.1. The van der Waals surface area contributed by atoms with E-state index in [9.17, 15) is 18.0 Å². The molecule has 2 aliphatic carbocycles. The van der Waals surface area contributed by atoms with E-state index in [1.807, 2.05) is 17.0 Å². The molecule has 0 aromatic heterocycles. The molecule has 1 saturated heterocycles. The predicted molar refractivity (Wildman–Crippen MR) is 116 cm³/mol. The van der Waals surface area contributed by atoms with E-state index in [0.29, 0.717) is 17.7 Å². The topological polar surface area (TPSA) is 95.6 Å². The molecule has 164 valence electrons. The number of carbonyl (C=O) groups is 2. The molecule has 2 N–H and O–H groups in total. The Kier molecular flexibility index (Phi) is 6.32. The molecule has 3 fully saturated rings. The van der Waals surface area contributed by atoms with E-state index >= 15 is 0 Å². The molecule has 3 aliphatic rings. The number of hydrogen-bond donors (Lipinski definition) is 2. The van der Waals surface area contributed by atoms with Crippen molar-refractivity contribution in [1.29, 1.82) is 0 Å². The Bertz CT molecular complexity index is 891. The van der Waals surface area contributed by atoms with Crippen LogP contribution in [0.5, 0.6) is 0 Å². The number of rotatable bonds is 7. The number of carbonyl (C=O) groups excluding carboxylic acids is 2. The predicted octanol–water partition coefficient (Wildman–Crippen LogP) is 2.34. The standard InChI is InChI=1S/C22H31N3O4S/c26-21(14-23-20-9-5-4-8-19(20)22(27)24-16-10-11-16)25(17-6-2-1-3-7-17)18-12-13-30(28,29)15-18/h4-5,8-9,16-18,23H,1-3,6-7,10-15H2,(H,24,27). The Balaban J connectivity index is 1.45. The zero-order chi connectivity index (χ0) is 21.1. The van der Waals surface area contributed by atoms with E-state index in [-0.39, 0.29) is 48.0 Å². The first-order valence-electron chi connectivity index (χ1n) is 11.1. The smallest absolute Gasteiger partial charge is 0.253 e. The summed E-state index contributed by atoms with van der Waals surface area (Å²) in [6.45, 7) is 0.0563. The van der Waals surface area contributed by atoms with E-state index in [1.54, 1.807) is 12.1 Å². The minimum Gasteiger partial charge on any atom is -0.376 e. The molecule has 1 atom stereocenters. The summed E-state index contributed by atoms with van der Waals surface area (Å²) in [5.74, 6) is 0.0157. The van der Waals surface area contributed by atoms with Crippen molar-refractivity contribution in [2.75, 3.05) is 23.4 Å². The van der Waals surface area contributed by atoms with Crippen LogP contribution in [0.3, 0.4) is 0 Å². The molecule has 30 heavy (non-hydrogen) atoms. The Morgan fingerprint density at radius 2 is 1.70 bits per heavy atom. The summed E-state index contributed by atoms with van der Waals surface area (Å²) in [7, 11) is -3.07. The van der Waals surface area contributed by atoms with Crippen LogP contribution in [0.25, 0.3) is 0 Å². The highest BCUT2D eigenvalue weighted by Crippen LogP contribution is 2.29. The number of nitrogens with zero attached hydrogens (tertiary/aromatic N) is 1. The van der Waals surface area contributed by atoms with E-state index in [0.717, 1.165) is 38.5 Å². The summed E-state index contributed by atoms with van der Waals surface area (Å²) in [6, 6.07) is 7.35. The Morgan fingerprint density at radius 1 is 0.967 bits per heavy atom. The van der Waals surface area contributed by atoms with Crippen LogP contribution in [0, 0.1) is 0 Å². The minimum atomic E-state index is -3.07. The van der Waals surface area contributed by atoms with Crippen molar-refractivity contribution in [3.8, 4) is 0 Å². The molecular weight excluding hydrogens is 402 g/mol. The van der Waals surface area contributed by atoms with Gasteiger partial charge in [-0.3, -0.25) is 9.59 Å². The number of anilines is 1. The molecule has 1 aliphatic heterocycles. The lowest BCUT2D eigenvalue weighted by molar-refractivity contribution is -0.134. The molecule has 1 aromatic rings. The number of benzene rings is 1. The van der Waals surface area contributed by atoms with Crippen LogP contribution in [-0.4, -0.2) is 61.3 Å². The van der Waals surface area contributed by atoms with Crippen molar-refractivity contribution in [1.82, 2.24) is 10.2 Å². The Hall–Kier alpha value is -2.09. The quantitative estimate of drug-likeness (QED) is 0.688. The second-order valence-electron chi connectivity index (χ2n) is 8.80. The Labute approximate surface area is 178 Å². The summed E-state index contributed by atoms with van der Waals surface area (Å²) in [5.41, 5.74) is 1.16. The first-order chi connectivity index (χ1) is 14.4. The summed E-state index contributed by atoms with van der Waals surface area (Å²) in [5, 5.41) is 6.14. The van der Waals surface area contributed by atoms with Gasteiger partial charge in [0.25, 0.3) is 5.91 Å². The van der Waals surface area contributed by atoms with Crippen molar-refractivity contribution >= 4 is 27.3 Å². The number of amides is 2. The maximum atomic E-state index is 13.3. The highest BCUT2D eigenvalue weighted by Gasteiger charge is 2.38. The van der Waals surface area contributed by atoms with E-state index in [2.05, 4.69) is 10.6 Å². The number of nitrogens with one attached hydrogen (secondary N) is 2. The maximum Gasteiger partial charge on any atom is 0.253 e. The summed E-state index contributed by atoms with van der Waals surface area (Å²) in [4.78, 5) is 27.6. The zero-order valence-electron chi connectivity index (χ0n) is 17.3. The third-order valence-electron chi connectivity index (χ3n) is 6.37.